The van der Waals surface area contributed by atoms with Crippen LogP contribution < -0.4 is 5.32 Å². The van der Waals surface area contributed by atoms with Crippen molar-refractivity contribution in [1.82, 2.24) is 14.8 Å². The van der Waals surface area contributed by atoms with E-state index in [9.17, 15) is 14.9 Å². The summed E-state index contributed by atoms with van der Waals surface area (Å²) in [6.07, 6.45) is 3.17. The topological polar surface area (TPSA) is 103 Å². The first-order valence-corrected chi connectivity index (χ1v) is 7.10. The highest BCUT2D eigenvalue weighted by Crippen LogP contribution is 2.15. The predicted molar refractivity (Wildman–Crippen MR) is 86.8 cm³/mol. The van der Waals surface area contributed by atoms with Crippen molar-refractivity contribution in [1.29, 1.82) is 0 Å². The standard InChI is InChI=1S/C16H13N5O3/c22-16(9-12-1-5-15(6-2-12)21(23)24)19-13-3-7-14(8-4-13)20-11-17-10-18-20/h1-8,10-11H,9H2,(H,19,22). The van der Waals surface area contributed by atoms with Crippen LogP contribution in [0.3, 0.4) is 0 Å². The number of nitrogens with one attached hydrogen (secondary N) is 1. The first-order valence-electron chi connectivity index (χ1n) is 7.10. The van der Waals surface area contributed by atoms with Crippen LogP contribution in [0.4, 0.5) is 11.4 Å². The fourth-order valence-electron chi connectivity index (χ4n) is 2.17. The summed E-state index contributed by atoms with van der Waals surface area (Å²) < 4.78 is 1.61. The molecule has 8 heteroatoms. The maximum absolute atomic E-state index is 12.0. The number of carbonyl (C=O) groups excluding carboxylic acids is 1. The fourth-order valence-corrected chi connectivity index (χ4v) is 2.17. The average molecular weight is 323 g/mol. The second kappa shape index (κ2) is 6.69. The Hall–Kier alpha value is -3.55. The molecule has 120 valence electrons. The van der Waals surface area contributed by atoms with Crippen molar-refractivity contribution in [3.05, 3.63) is 76.9 Å². The van der Waals surface area contributed by atoms with Gasteiger partial charge in [-0.2, -0.15) is 5.10 Å². The van der Waals surface area contributed by atoms with Gasteiger partial charge in [0.2, 0.25) is 5.91 Å². The minimum atomic E-state index is -0.472. The number of nitrogens with zero attached hydrogens (tertiary/aromatic N) is 4. The molecular formula is C16H13N5O3. The molecule has 0 atom stereocenters. The van der Waals surface area contributed by atoms with Crippen molar-refractivity contribution in [3.8, 4) is 5.69 Å². The van der Waals surface area contributed by atoms with Crippen LogP contribution in [0.2, 0.25) is 0 Å². The Morgan fingerprint density at radius 1 is 1.12 bits per heavy atom. The highest BCUT2D eigenvalue weighted by molar-refractivity contribution is 5.92. The summed E-state index contributed by atoms with van der Waals surface area (Å²) in [7, 11) is 0. The summed E-state index contributed by atoms with van der Waals surface area (Å²) in [5.41, 5.74) is 2.20. The molecule has 0 aliphatic rings. The number of carbonyl (C=O) groups is 1. The minimum Gasteiger partial charge on any atom is -0.326 e. The lowest BCUT2D eigenvalue weighted by atomic mass is 10.1. The number of hydrogen-bond donors (Lipinski definition) is 1. The van der Waals surface area contributed by atoms with Crippen molar-refractivity contribution >= 4 is 17.3 Å². The van der Waals surface area contributed by atoms with Crippen molar-refractivity contribution < 1.29 is 9.72 Å². The van der Waals surface area contributed by atoms with E-state index in [1.165, 1.54) is 18.5 Å². The molecule has 3 aromatic rings. The van der Waals surface area contributed by atoms with Gasteiger partial charge in [-0.25, -0.2) is 9.67 Å². The summed E-state index contributed by atoms with van der Waals surface area (Å²) in [5, 5.41) is 17.4. The van der Waals surface area contributed by atoms with E-state index in [1.807, 2.05) is 12.1 Å². The maximum Gasteiger partial charge on any atom is 0.269 e. The summed E-state index contributed by atoms with van der Waals surface area (Å²) in [6.45, 7) is 0. The molecule has 24 heavy (non-hydrogen) atoms. The van der Waals surface area contributed by atoms with Gasteiger partial charge in [0.25, 0.3) is 5.69 Å². The molecule has 1 amide bonds. The monoisotopic (exact) mass is 323 g/mol. The molecule has 0 radical (unpaired) electrons. The number of nitro groups is 1. The summed E-state index contributed by atoms with van der Waals surface area (Å²) >= 11 is 0. The molecule has 1 heterocycles. The Morgan fingerprint density at radius 2 is 1.83 bits per heavy atom. The van der Waals surface area contributed by atoms with Crippen LogP contribution in [0.25, 0.3) is 5.69 Å². The first kappa shape index (κ1) is 15.3. The van der Waals surface area contributed by atoms with Gasteiger partial charge >= 0.3 is 0 Å². The normalized spacial score (nSPS) is 10.3. The van der Waals surface area contributed by atoms with Gasteiger partial charge in [0.15, 0.2) is 0 Å². The first-order chi connectivity index (χ1) is 11.6. The van der Waals surface area contributed by atoms with Gasteiger partial charge in [-0.3, -0.25) is 14.9 Å². The van der Waals surface area contributed by atoms with Gasteiger partial charge in [-0.1, -0.05) is 12.1 Å². The molecular weight excluding hydrogens is 310 g/mol. The van der Waals surface area contributed by atoms with Gasteiger partial charge in [0.05, 0.1) is 17.0 Å². The number of benzene rings is 2. The van der Waals surface area contributed by atoms with E-state index in [0.717, 1.165) is 5.69 Å². The van der Waals surface area contributed by atoms with E-state index in [1.54, 1.807) is 35.3 Å². The Kier molecular flexibility index (Phi) is 4.28. The molecule has 1 aromatic heterocycles. The summed E-state index contributed by atoms with van der Waals surface area (Å²) in [5.74, 6) is -0.197. The second-order valence-corrected chi connectivity index (χ2v) is 5.04. The van der Waals surface area contributed by atoms with Crippen molar-refractivity contribution in [3.63, 3.8) is 0 Å². The number of hydrogen-bond acceptors (Lipinski definition) is 5. The van der Waals surface area contributed by atoms with Crippen LogP contribution in [-0.2, 0) is 11.2 Å². The molecule has 0 saturated heterocycles. The van der Waals surface area contributed by atoms with Crippen molar-refractivity contribution in [2.24, 2.45) is 0 Å². The molecule has 0 aliphatic carbocycles. The molecule has 0 bridgehead atoms. The Labute approximate surface area is 136 Å². The third kappa shape index (κ3) is 3.61. The lowest BCUT2D eigenvalue weighted by Gasteiger charge is -2.06. The minimum absolute atomic E-state index is 0.00265. The number of rotatable bonds is 5. The number of non-ortho nitro benzene ring substituents is 1. The number of aromatic nitrogens is 3. The molecule has 0 fully saturated rings. The van der Waals surface area contributed by atoms with Crippen LogP contribution in [0, 0.1) is 10.1 Å². The Balaban J connectivity index is 1.61. The van der Waals surface area contributed by atoms with E-state index < -0.39 is 4.92 Å². The highest BCUT2D eigenvalue weighted by atomic mass is 16.6. The Bertz CT molecular complexity index is 842. The van der Waals surface area contributed by atoms with Gasteiger partial charge < -0.3 is 5.32 Å². The van der Waals surface area contributed by atoms with Gasteiger partial charge in [0.1, 0.15) is 12.7 Å². The lowest BCUT2D eigenvalue weighted by Crippen LogP contribution is -2.14. The SMILES string of the molecule is O=C(Cc1ccc([N+](=O)[O-])cc1)Nc1ccc(-n2cncn2)cc1. The van der Waals surface area contributed by atoms with Gasteiger partial charge in [0, 0.05) is 17.8 Å². The maximum atomic E-state index is 12.0. The van der Waals surface area contributed by atoms with E-state index in [0.29, 0.717) is 11.3 Å². The second-order valence-electron chi connectivity index (χ2n) is 5.04. The third-order valence-corrected chi connectivity index (χ3v) is 3.35. The van der Waals surface area contributed by atoms with Crippen molar-refractivity contribution in [2.45, 2.75) is 6.42 Å². The van der Waals surface area contributed by atoms with Crippen molar-refractivity contribution in [2.75, 3.05) is 5.32 Å². The molecule has 3 rings (SSSR count). The average Bonchev–Trinajstić information content (AvgIpc) is 3.10. The molecule has 0 spiro atoms. The van der Waals surface area contributed by atoms with Crippen LogP contribution >= 0.6 is 0 Å². The smallest absolute Gasteiger partial charge is 0.269 e. The fraction of sp³-hybridized carbons (Fsp3) is 0.0625. The van der Waals surface area contributed by atoms with E-state index >= 15 is 0 Å². The number of nitro benzene ring substituents is 1. The quantitative estimate of drug-likeness (QED) is 0.573. The molecule has 1 N–H and O–H groups in total. The molecule has 8 nitrogen and oxygen atoms in total. The molecule has 0 unspecified atom stereocenters. The van der Waals surface area contributed by atoms with Crippen LogP contribution in [0.5, 0.6) is 0 Å². The van der Waals surface area contributed by atoms with Gasteiger partial charge in [-0.05, 0) is 29.8 Å². The zero-order valence-corrected chi connectivity index (χ0v) is 12.5. The van der Waals surface area contributed by atoms with E-state index in [-0.39, 0.29) is 18.0 Å². The number of amides is 1. The largest absolute Gasteiger partial charge is 0.326 e. The Morgan fingerprint density at radius 3 is 2.42 bits per heavy atom. The van der Waals surface area contributed by atoms with E-state index in [2.05, 4.69) is 15.4 Å². The highest BCUT2D eigenvalue weighted by Gasteiger charge is 2.08. The van der Waals surface area contributed by atoms with Crippen LogP contribution in [-0.4, -0.2) is 25.6 Å². The lowest BCUT2D eigenvalue weighted by molar-refractivity contribution is -0.384. The van der Waals surface area contributed by atoms with Crippen LogP contribution in [0.15, 0.2) is 61.2 Å². The van der Waals surface area contributed by atoms with Crippen LogP contribution in [0.1, 0.15) is 5.56 Å². The third-order valence-electron chi connectivity index (χ3n) is 3.35. The zero-order valence-electron chi connectivity index (χ0n) is 12.5. The predicted octanol–water partition coefficient (Wildman–Crippen LogP) is 2.36. The zero-order chi connectivity index (χ0) is 16.9. The molecule has 0 saturated carbocycles. The molecule has 0 aliphatic heterocycles. The summed E-state index contributed by atoms with van der Waals surface area (Å²) in [6, 6.07) is 13.1. The van der Waals surface area contributed by atoms with Gasteiger partial charge in [-0.15, -0.1) is 0 Å². The molecule has 2 aromatic carbocycles. The summed E-state index contributed by atoms with van der Waals surface area (Å²) in [4.78, 5) is 26.0. The number of anilines is 1. The van der Waals surface area contributed by atoms with E-state index in [4.69, 9.17) is 0 Å².